The van der Waals surface area contributed by atoms with Gasteiger partial charge < -0.3 is 10.6 Å². The van der Waals surface area contributed by atoms with Gasteiger partial charge >= 0.3 is 0 Å². The highest BCUT2D eigenvalue weighted by molar-refractivity contribution is 7.94. The van der Waals surface area contributed by atoms with Crippen LogP contribution in [0.25, 0.3) is 0 Å². The SMILES string of the molecule is CC1CCN(C(=O)c2cccc(NS(=O)(=O)c3cccs3)c2)C(CN)C1.Cl. The summed E-state index contributed by atoms with van der Waals surface area (Å²) in [4.78, 5) is 14.7. The van der Waals surface area contributed by atoms with Crippen molar-refractivity contribution in [3.05, 3.63) is 47.3 Å². The van der Waals surface area contributed by atoms with E-state index in [-0.39, 0.29) is 28.6 Å². The normalized spacial score (nSPS) is 20.0. The molecule has 2 aromatic rings. The average molecular weight is 430 g/mol. The van der Waals surface area contributed by atoms with Crippen LogP contribution in [0.2, 0.25) is 0 Å². The molecule has 1 amide bonds. The van der Waals surface area contributed by atoms with Crippen molar-refractivity contribution < 1.29 is 13.2 Å². The van der Waals surface area contributed by atoms with Crippen molar-refractivity contribution in [1.29, 1.82) is 0 Å². The number of hydrogen-bond donors (Lipinski definition) is 2. The fourth-order valence-corrected chi connectivity index (χ4v) is 5.29. The molecule has 1 aliphatic heterocycles. The first kappa shape index (κ1) is 21.7. The van der Waals surface area contributed by atoms with Crippen LogP contribution in [0.4, 0.5) is 5.69 Å². The summed E-state index contributed by atoms with van der Waals surface area (Å²) in [6.45, 7) is 3.28. The van der Waals surface area contributed by atoms with Gasteiger partial charge in [0, 0.05) is 30.4 Å². The number of carbonyl (C=O) groups excluding carboxylic acids is 1. The lowest BCUT2D eigenvalue weighted by Gasteiger charge is -2.38. The summed E-state index contributed by atoms with van der Waals surface area (Å²) in [5.41, 5.74) is 6.69. The maximum Gasteiger partial charge on any atom is 0.271 e. The molecule has 0 bridgehead atoms. The zero-order valence-corrected chi connectivity index (χ0v) is 17.4. The molecule has 1 aromatic heterocycles. The van der Waals surface area contributed by atoms with E-state index >= 15 is 0 Å². The Morgan fingerprint density at radius 2 is 2.11 bits per heavy atom. The molecule has 2 unspecified atom stereocenters. The minimum Gasteiger partial charge on any atom is -0.334 e. The number of nitrogens with one attached hydrogen (secondary N) is 1. The van der Waals surface area contributed by atoms with Crippen molar-refractivity contribution in [1.82, 2.24) is 4.90 Å². The molecule has 1 aliphatic rings. The molecule has 3 N–H and O–H groups in total. The molecule has 1 aromatic carbocycles. The standard InChI is InChI=1S/C18H23N3O3S2.ClH/c1-13-7-8-21(16(10-13)12-19)18(22)14-4-2-5-15(11-14)20-26(23,24)17-6-3-9-25-17;/h2-6,9,11,13,16,20H,7-8,10,12,19H2,1H3;1H. The van der Waals surface area contributed by atoms with E-state index in [1.165, 1.54) is 0 Å². The second-order valence-corrected chi connectivity index (χ2v) is 9.49. The average Bonchev–Trinajstić information content (AvgIpc) is 3.16. The maximum atomic E-state index is 12.9. The van der Waals surface area contributed by atoms with Crippen molar-refractivity contribution in [3.63, 3.8) is 0 Å². The highest BCUT2D eigenvalue weighted by Crippen LogP contribution is 2.25. The lowest BCUT2D eigenvalue weighted by molar-refractivity contribution is 0.0573. The third kappa shape index (κ3) is 5.01. The molecule has 2 heterocycles. The van der Waals surface area contributed by atoms with Gasteiger partial charge in [0.05, 0.1) is 0 Å². The van der Waals surface area contributed by atoms with Crippen LogP contribution in [0, 0.1) is 5.92 Å². The number of nitrogens with two attached hydrogens (primary N) is 1. The number of halogens is 1. The van der Waals surface area contributed by atoms with Gasteiger partial charge in [0.15, 0.2) is 0 Å². The fourth-order valence-electron chi connectivity index (χ4n) is 3.25. The monoisotopic (exact) mass is 429 g/mol. The minimum absolute atomic E-state index is 0. The Hall–Kier alpha value is -1.61. The van der Waals surface area contributed by atoms with Crippen LogP contribution < -0.4 is 10.5 Å². The number of likely N-dealkylation sites (tertiary alicyclic amines) is 1. The first-order valence-electron chi connectivity index (χ1n) is 8.58. The summed E-state index contributed by atoms with van der Waals surface area (Å²) in [7, 11) is -3.64. The van der Waals surface area contributed by atoms with Gasteiger partial charge in [-0.1, -0.05) is 19.1 Å². The Morgan fingerprint density at radius 3 is 2.78 bits per heavy atom. The molecule has 3 rings (SSSR count). The molecule has 6 nitrogen and oxygen atoms in total. The number of amides is 1. The third-order valence-corrected chi connectivity index (χ3v) is 7.41. The summed E-state index contributed by atoms with van der Waals surface area (Å²) < 4.78 is 27.5. The largest absolute Gasteiger partial charge is 0.334 e. The summed E-state index contributed by atoms with van der Waals surface area (Å²) in [6, 6.07) is 9.87. The van der Waals surface area contributed by atoms with Gasteiger partial charge in [0.25, 0.3) is 15.9 Å². The van der Waals surface area contributed by atoms with Crippen LogP contribution in [0.5, 0.6) is 0 Å². The molecule has 2 atom stereocenters. The molecular weight excluding hydrogens is 406 g/mol. The van der Waals surface area contributed by atoms with E-state index in [0.29, 0.717) is 30.3 Å². The van der Waals surface area contributed by atoms with Gasteiger partial charge in [-0.15, -0.1) is 23.7 Å². The second kappa shape index (κ2) is 9.05. The van der Waals surface area contributed by atoms with Crippen molar-refractivity contribution >= 4 is 45.4 Å². The Labute approximate surface area is 170 Å². The van der Waals surface area contributed by atoms with Crippen LogP contribution in [0.1, 0.15) is 30.1 Å². The van der Waals surface area contributed by atoms with Gasteiger partial charge in [-0.3, -0.25) is 9.52 Å². The van der Waals surface area contributed by atoms with Crippen LogP contribution in [0.15, 0.2) is 46.0 Å². The number of piperidine rings is 1. The lowest BCUT2D eigenvalue weighted by Crippen LogP contribution is -2.49. The van der Waals surface area contributed by atoms with E-state index in [2.05, 4.69) is 11.6 Å². The van der Waals surface area contributed by atoms with Gasteiger partial charge in [0.2, 0.25) is 0 Å². The van der Waals surface area contributed by atoms with Crippen molar-refractivity contribution in [3.8, 4) is 0 Å². The van der Waals surface area contributed by atoms with E-state index < -0.39 is 10.0 Å². The number of rotatable bonds is 5. The first-order chi connectivity index (χ1) is 12.4. The van der Waals surface area contributed by atoms with Gasteiger partial charge in [-0.05, 0) is 48.4 Å². The quantitative estimate of drug-likeness (QED) is 0.763. The van der Waals surface area contributed by atoms with Gasteiger partial charge in [0.1, 0.15) is 4.21 Å². The highest BCUT2D eigenvalue weighted by Gasteiger charge is 2.29. The zero-order valence-electron chi connectivity index (χ0n) is 15.0. The molecule has 1 saturated heterocycles. The third-order valence-electron chi connectivity index (χ3n) is 4.63. The van der Waals surface area contributed by atoms with Crippen molar-refractivity contribution in [2.75, 3.05) is 17.8 Å². The Morgan fingerprint density at radius 1 is 1.33 bits per heavy atom. The van der Waals surface area contributed by atoms with Crippen molar-refractivity contribution in [2.24, 2.45) is 11.7 Å². The molecule has 148 valence electrons. The summed E-state index contributed by atoms with van der Waals surface area (Å²) in [6.07, 6.45) is 1.85. The number of thiophene rings is 1. The molecule has 0 radical (unpaired) electrons. The molecule has 1 fully saturated rings. The Kier molecular flexibility index (Phi) is 7.27. The molecule has 27 heavy (non-hydrogen) atoms. The number of hydrogen-bond acceptors (Lipinski definition) is 5. The molecule has 0 aliphatic carbocycles. The van der Waals surface area contributed by atoms with E-state index in [1.54, 1.807) is 41.8 Å². The smallest absolute Gasteiger partial charge is 0.271 e. The summed E-state index contributed by atoms with van der Waals surface area (Å²) in [5, 5.41) is 1.71. The van der Waals surface area contributed by atoms with Crippen LogP contribution in [-0.2, 0) is 10.0 Å². The van der Waals surface area contributed by atoms with E-state index in [9.17, 15) is 13.2 Å². The van der Waals surface area contributed by atoms with E-state index in [0.717, 1.165) is 24.2 Å². The topological polar surface area (TPSA) is 92.5 Å². The Balaban J connectivity index is 0.00000261. The molecule has 0 saturated carbocycles. The zero-order chi connectivity index (χ0) is 18.7. The molecule has 0 spiro atoms. The van der Waals surface area contributed by atoms with Gasteiger partial charge in [-0.25, -0.2) is 8.42 Å². The van der Waals surface area contributed by atoms with Crippen LogP contribution >= 0.6 is 23.7 Å². The number of nitrogens with zero attached hydrogens (tertiary/aromatic N) is 1. The lowest BCUT2D eigenvalue weighted by atomic mass is 9.92. The second-order valence-electron chi connectivity index (χ2n) is 6.64. The minimum atomic E-state index is -3.64. The fraction of sp³-hybridized carbons (Fsp3) is 0.389. The molecule has 9 heteroatoms. The van der Waals surface area contributed by atoms with Gasteiger partial charge in [-0.2, -0.15) is 0 Å². The predicted octanol–water partition coefficient (Wildman–Crippen LogP) is 3.17. The highest BCUT2D eigenvalue weighted by atomic mass is 35.5. The predicted molar refractivity (Wildman–Crippen MR) is 111 cm³/mol. The summed E-state index contributed by atoms with van der Waals surface area (Å²) in [5.74, 6) is 0.445. The summed E-state index contributed by atoms with van der Waals surface area (Å²) >= 11 is 1.15. The Bertz CT molecular complexity index is 872. The molecular formula is C18H24ClN3O3S2. The number of benzene rings is 1. The number of anilines is 1. The van der Waals surface area contributed by atoms with E-state index in [1.807, 2.05) is 4.90 Å². The van der Waals surface area contributed by atoms with Crippen molar-refractivity contribution in [2.45, 2.75) is 30.0 Å². The van der Waals surface area contributed by atoms with Crippen LogP contribution in [0.3, 0.4) is 0 Å². The number of sulfonamides is 1. The van der Waals surface area contributed by atoms with E-state index in [4.69, 9.17) is 5.73 Å². The first-order valence-corrected chi connectivity index (χ1v) is 10.9. The van der Waals surface area contributed by atoms with Crippen LogP contribution in [-0.4, -0.2) is 38.4 Å². The maximum absolute atomic E-state index is 12.9. The number of carbonyl (C=O) groups is 1.